The highest BCUT2D eigenvalue weighted by Crippen LogP contribution is 2.12. The van der Waals surface area contributed by atoms with Crippen molar-refractivity contribution in [3.63, 3.8) is 0 Å². The van der Waals surface area contributed by atoms with E-state index in [1.165, 1.54) is 13.8 Å². The molecule has 1 aliphatic rings. The van der Waals surface area contributed by atoms with Gasteiger partial charge in [-0.2, -0.15) is 0 Å². The van der Waals surface area contributed by atoms with Crippen molar-refractivity contribution in [2.45, 2.75) is 186 Å². The maximum absolute atomic E-state index is 14.3. The van der Waals surface area contributed by atoms with E-state index in [0.29, 0.717) is 6.42 Å². The van der Waals surface area contributed by atoms with Gasteiger partial charge in [0.05, 0.1) is 12.2 Å². The molecule has 26 heteroatoms. The van der Waals surface area contributed by atoms with Crippen LogP contribution in [0.1, 0.15) is 119 Å². The van der Waals surface area contributed by atoms with E-state index >= 15 is 0 Å². The Hall–Kier alpha value is -5.54. The summed E-state index contributed by atoms with van der Waals surface area (Å²) in [6.07, 6.45) is -1.56. The number of carbonyl (C=O) groups excluding carboxylic acids is 10. The van der Waals surface area contributed by atoms with Gasteiger partial charge in [-0.3, -0.25) is 47.9 Å². The number of aliphatic hydroxyl groups excluding tert-OH is 2. The van der Waals surface area contributed by atoms with Gasteiger partial charge < -0.3 is 86.3 Å². The Labute approximate surface area is 422 Å². The summed E-state index contributed by atoms with van der Waals surface area (Å²) in [5.41, 5.74) is 23.3. The number of amides is 10. The predicted molar refractivity (Wildman–Crippen MR) is 266 cm³/mol. The largest absolute Gasteiger partial charge is 0.391 e. The average molecular weight is 1030 g/mol. The van der Waals surface area contributed by atoms with Gasteiger partial charge in [-0.15, -0.1) is 0 Å². The van der Waals surface area contributed by atoms with Crippen molar-refractivity contribution in [3.05, 3.63) is 0 Å². The molecular weight excluding hydrogens is 941 g/mol. The van der Waals surface area contributed by atoms with Crippen LogP contribution in [0.3, 0.4) is 0 Å². The molecule has 0 aromatic carbocycles. The van der Waals surface area contributed by atoms with Crippen LogP contribution in [0.15, 0.2) is 0 Å². The van der Waals surface area contributed by atoms with E-state index in [-0.39, 0.29) is 83.0 Å². The maximum Gasteiger partial charge on any atom is 0.245 e. The molecule has 0 saturated carbocycles. The monoisotopic (exact) mass is 1030 g/mol. The highest BCUT2D eigenvalue weighted by molar-refractivity contribution is 5.98. The minimum absolute atomic E-state index is 0.0677. The molecule has 0 aliphatic carbocycles. The summed E-state index contributed by atoms with van der Waals surface area (Å²) in [5.74, 6) is -8.83. The molecule has 1 fully saturated rings. The summed E-state index contributed by atoms with van der Waals surface area (Å²) in [6.45, 7) is 10.7. The molecule has 0 aromatic rings. The molecule has 26 nitrogen and oxygen atoms in total. The second kappa shape index (κ2) is 34.0. The first-order valence-corrected chi connectivity index (χ1v) is 25.1. The Bertz CT molecular complexity index is 1790. The first-order valence-electron chi connectivity index (χ1n) is 25.1. The standard InChI is InChI=1S/C46H86N14O12/c1-8-9-10-11-35(63)59-37(27(7)62)46(72)56-30(14-19-49)39(65)55-32-16-21-51-45(71)36(26(6)61)60-42(68)31(15-20-50)53-38(64)28(12-17-47)54-43(69)33(22-24(2)3)58-44(70)34(23-25(4)5)57-40(66)29(13-18-48)52-41(32)67/h24-34,36-37,61-62H,8-23,47-50H2,1-7H3,(H,51,71)(H,52,67)(H,53,64)(H,54,69)(H,55,65)(H,56,72)(H,57,66)(H,58,70)(H,59,63)(H,60,68). The van der Waals surface area contributed by atoms with Crippen LogP contribution in [0.25, 0.3) is 0 Å². The number of hydrogen-bond donors (Lipinski definition) is 16. The second-order valence-corrected chi connectivity index (χ2v) is 19.0. The quantitative estimate of drug-likeness (QED) is 0.0425. The normalized spacial score (nSPS) is 24.2. The summed E-state index contributed by atoms with van der Waals surface area (Å²) >= 11 is 0. The molecule has 11 unspecified atom stereocenters. The molecule has 0 aromatic heterocycles. The molecule has 10 amide bonds. The highest BCUT2D eigenvalue weighted by atomic mass is 16.3. The van der Waals surface area contributed by atoms with Crippen molar-refractivity contribution in [2.24, 2.45) is 34.8 Å². The Kier molecular flexibility index (Phi) is 30.4. The Morgan fingerprint density at radius 2 is 1.03 bits per heavy atom. The van der Waals surface area contributed by atoms with Crippen LogP contribution < -0.4 is 76.1 Å². The van der Waals surface area contributed by atoms with E-state index in [4.69, 9.17) is 22.9 Å². The molecule has 1 heterocycles. The second-order valence-electron chi connectivity index (χ2n) is 19.0. The lowest BCUT2D eigenvalue weighted by molar-refractivity contribution is -0.136. The topological polar surface area (TPSA) is 436 Å². The number of nitrogens with two attached hydrogens (primary N) is 4. The zero-order chi connectivity index (χ0) is 54.7. The third-order valence-corrected chi connectivity index (χ3v) is 11.6. The van der Waals surface area contributed by atoms with Gasteiger partial charge in [0.15, 0.2) is 0 Å². The van der Waals surface area contributed by atoms with Gasteiger partial charge in [-0.25, -0.2) is 0 Å². The maximum atomic E-state index is 14.3. The van der Waals surface area contributed by atoms with E-state index in [0.717, 1.165) is 12.8 Å². The lowest BCUT2D eigenvalue weighted by Crippen LogP contribution is -2.61. The fourth-order valence-electron chi connectivity index (χ4n) is 7.61. The van der Waals surface area contributed by atoms with Crippen LogP contribution in [0, 0.1) is 11.8 Å². The molecule has 1 saturated heterocycles. The highest BCUT2D eigenvalue weighted by Gasteiger charge is 2.37. The fourth-order valence-corrected chi connectivity index (χ4v) is 7.61. The number of rotatable bonds is 23. The summed E-state index contributed by atoms with van der Waals surface area (Å²) in [4.78, 5) is 138. The SMILES string of the molecule is CCCCCC(=O)NC(C(=O)NC(CCN)C(=O)NC1CCNC(=O)C(C(C)O)NC(=O)C(CCN)NC(=O)C(CCN)NC(=O)C(CC(C)C)NC(=O)C(CC(C)C)NC(=O)C(CCN)NC1=O)C(C)O. The van der Waals surface area contributed by atoms with Crippen LogP contribution in [-0.4, -0.2) is 169 Å². The van der Waals surface area contributed by atoms with Gasteiger partial charge in [0.2, 0.25) is 59.1 Å². The Morgan fingerprint density at radius 1 is 0.583 bits per heavy atom. The molecule has 1 aliphatic heterocycles. The predicted octanol–water partition coefficient (Wildman–Crippen LogP) is -5.30. The van der Waals surface area contributed by atoms with Crippen LogP contribution in [-0.2, 0) is 47.9 Å². The van der Waals surface area contributed by atoms with E-state index in [1.54, 1.807) is 27.7 Å². The summed E-state index contributed by atoms with van der Waals surface area (Å²) in [6, 6.07) is -12.8. The Balaban J connectivity index is 3.87. The summed E-state index contributed by atoms with van der Waals surface area (Å²) < 4.78 is 0. The number of aliphatic hydroxyl groups is 2. The minimum atomic E-state index is -1.65. The molecule has 11 atom stereocenters. The van der Waals surface area contributed by atoms with Crippen molar-refractivity contribution < 1.29 is 58.2 Å². The van der Waals surface area contributed by atoms with Crippen molar-refractivity contribution >= 4 is 59.1 Å². The van der Waals surface area contributed by atoms with Gasteiger partial charge in [0.25, 0.3) is 0 Å². The van der Waals surface area contributed by atoms with Crippen LogP contribution in [0.5, 0.6) is 0 Å². The van der Waals surface area contributed by atoms with Gasteiger partial charge in [-0.05, 0) is 103 Å². The van der Waals surface area contributed by atoms with Gasteiger partial charge in [-0.1, -0.05) is 47.5 Å². The number of hydrogen-bond acceptors (Lipinski definition) is 16. The van der Waals surface area contributed by atoms with E-state index in [2.05, 4.69) is 53.2 Å². The third-order valence-electron chi connectivity index (χ3n) is 11.6. The fraction of sp³-hybridized carbons (Fsp3) is 0.783. The number of carbonyl (C=O) groups is 10. The molecule has 412 valence electrons. The van der Waals surface area contributed by atoms with Gasteiger partial charge >= 0.3 is 0 Å². The van der Waals surface area contributed by atoms with E-state index in [1.807, 2.05) is 6.92 Å². The first-order chi connectivity index (χ1) is 33.9. The summed E-state index contributed by atoms with van der Waals surface area (Å²) in [7, 11) is 0. The molecular formula is C46H86N14O12. The van der Waals surface area contributed by atoms with Crippen molar-refractivity contribution in [1.82, 2.24) is 53.2 Å². The van der Waals surface area contributed by atoms with Crippen LogP contribution in [0.4, 0.5) is 0 Å². The van der Waals surface area contributed by atoms with Crippen LogP contribution in [0.2, 0.25) is 0 Å². The minimum Gasteiger partial charge on any atom is -0.391 e. The van der Waals surface area contributed by atoms with Gasteiger partial charge in [0.1, 0.15) is 54.4 Å². The molecule has 72 heavy (non-hydrogen) atoms. The van der Waals surface area contributed by atoms with Crippen molar-refractivity contribution in [2.75, 3.05) is 32.7 Å². The number of nitrogens with one attached hydrogen (secondary N) is 10. The molecule has 1 rings (SSSR count). The lowest BCUT2D eigenvalue weighted by Gasteiger charge is -2.29. The molecule has 0 spiro atoms. The Morgan fingerprint density at radius 3 is 1.44 bits per heavy atom. The average Bonchev–Trinajstić information content (AvgIpc) is 3.29. The van der Waals surface area contributed by atoms with Crippen molar-refractivity contribution in [1.29, 1.82) is 0 Å². The molecule has 20 N–H and O–H groups in total. The smallest absolute Gasteiger partial charge is 0.245 e. The van der Waals surface area contributed by atoms with E-state index in [9.17, 15) is 58.2 Å². The van der Waals surface area contributed by atoms with Crippen LogP contribution >= 0.6 is 0 Å². The molecule has 0 bridgehead atoms. The third kappa shape index (κ3) is 23.3. The zero-order valence-corrected chi connectivity index (χ0v) is 43.1. The summed E-state index contributed by atoms with van der Waals surface area (Å²) in [5, 5.41) is 46.6. The molecule has 0 radical (unpaired) electrons. The van der Waals surface area contributed by atoms with Gasteiger partial charge in [0, 0.05) is 13.0 Å². The lowest BCUT2D eigenvalue weighted by atomic mass is 9.99. The van der Waals surface area contributed by atoms with E-state index < -0.39 is 139 Å². The zero-order valence-electron chi connectivity index (χ0n) is 43.1. The number of unbranched alkanes of at least 4 members (excludes halogenated alkanes) is 2. The van der Waals surface area contributed by atoms with Crippen molar-refractivity contribution in [3.8, 4) is 0 Å². The first kappa shape index (κ1) is 64.5.